The fourth-order valence-corrected chi connectivity index (χ4v) is 2.14. The molecular weight excluding hydrogens is 262 g/mol. The maximum atomic E-state index is 14.1. The standard InChI is InChI=1S/C16H14F2O2/c1-9-4-3-5-12(10(9)2)13-8-14(17)11(6-15(13)18)7-16(19)20/h3-6,8H,7H2,1-2H3,(H,19,20). The number of hydrogen-bond donors (Lipinski definition) is 1. The van der Waals surface area contributed by atoms with Gasteiger partial charge in [-0.1, -0.05) is 18.2 Å². The van der Waals surface area contributed by atoms with Gasteiger partial charge in [-0.25, -0.2) is 8.78 Å². The second-order valence-corrected chi connectivity index (χ2v) is 4.74. The molecule has 0 radical (unpaired) electrons. The zero-order valence-corrected chi connectivity index (χ0v) is 11.2. The van der Waals surface area contributed by atoms with Gasteiger partial charge in [0, 0.05) is 11.1 Å². The lowest BCUT2D eigenvalue weighted by Gasteiger charge is -2.11. The molecule has 0 saturated carbocycles. The van der Waals surface area contributed by atoms with E-state index in [9.17, 15) is 13.6 Å². The van der Waals surface area contributed by atoms with Crippen LogP contribution >= 0.6 is 0 Å². The lowest BCUT2D eigenvalue weighted by atomic mass is 9.95. The lowest BCUT2D eigenvalue weighted by Crippen LogP contribution is -2.04. The highest BCUT2D eigenvalue weighted by atomic mass is 19.1. The molecule has 0 aliphatic heterocycles. The Morgan fingerprint density at radius 3 is 2.45 bits per heavy atom. The van der Waals surface area contributed by atoms with Crippen molar-refractivity contribution in [3.63, 3.8) is 0 Å². The van der Waals surface area contributed by atoms with Gasteiger partial charge in [-0.2, -0.15) is 0 Å². The maximum Gasteiger partial charge on any atom is 0.307 e. The minimum atomic E-state index is -1.19. The van der Waals surface area contributed by atoms with Crippen LogP contribution in [0.5, 0.6) is 0 Å². The monoisotopic (exact) mass is 276 g/mol. The summed E-state index contributed by atoms with van der Waals surface area (Å²) in [5, 5.41) is 8.66. The molecule has 0 amide bonds. The van der Waals surface area contributed by atoms with Crippen LogP contribution in [0.1, 0.15) is 16.7 Å². The zero-order chi connectivity index (χ0) is 14.9. The number of benzene rings is 2. The van der Waals surface area contributed by atoms with Crippen molar-refractivity contribution < 1.29 is 18.7 Å². The minimum absolute atomic E-state index is 0.149. The van der Waals surface area contributed by atoms with E-state index in [0.717, 1.165) is 23.3 Å². The fraction of sp³-hybridized carbons (Fsp3) is 0.188. The predicted molar refractivity (Wildman–Crippen MR) is 72.6 cm³/mol. The number of hydrogen-bond acceptors (Lipinski definition) is 1. The van der Waals surface area contributed by atoms with E-state index in [1.54, 1.807) is 12.1 Å². The lowest BCUT2D eigenvalue weighted by molar-refractivity contribution is -0.136. The van der Waals surface area contributed by atoms with Gasteiger partial charge < -0.3 is 5.11 Å². The predicted octanol–water partition coefficient (Wildman–Crippen LogP) is 3.88. The quantitative estimate of drug-likeness (QED) is 0.923. The van der Waals surface area contributed by atoms with E-state index in [1.807, 2.05) is 19.9 Å². The van der Waals surface area contributed by atoms with E-state index in [1.165, 1.54) is 0 Å². The Hall–Kier alpha value is -2.23. The molecule has 0 atom stereocenters. The molecule has 0 bridgehead atoms. The van der Waals surface area contributed by atoms with Gasteiger partial charge in [-0.15, -0.1) is 0 Å². The number of carboxylic acids is 1. The van der Waals surface area contributed by atoms with Crippen LogP contribution in [0.2, 0.25) is 0 Å². The highest BCUT2D eigenvalue weighted by molar-refractivity contribution is 5.73. The Morgan fingerprint density at radius 2 is 1.80 bits per heavy atom. The molecule has 0 aromatic heterocycles. The van der Waals surface area contributed by atoms with E-state index < -0.39 is 24.0 Å². The largest absolute Gasteiger partial charge is 0.481 e. The van der Waals surface area contributed by atoms with Gasteiger partial charge in [0.2, 0.25) is 0 Å². The molecule has 20 heavy (non-hydrogen) atoms. The molecule has 4 heteroatoms. The summed E-state index contributed by atoms with van der Waals surface area (Å²) in [4.78, 5) is 10.6. The Bertz CT molecular complexity index is 678. The Kier molecular flexibility index (Phi) is 3.84. The summed E-state index contributed by atoms with van der Waals surface area (Å²) in [5.74, 6) is -2.51. The maximum absolute atomic E-state index is 14.1. The van der Waals surface area contributed by atoms with Gasteiger partial charge in [0.15, 0.2) is 0 Å². The van der Waals surface area contributed by atoms with Crippen molar-refractivity contribution in [1.82, 2.24) is 0 Å². The van der Waals surface area contributed by atoms with Gasteiger partial charge in [-0.3, -0.25) is 4.79 Å². The van der Waals surface area contributed by atoms with Crippen LogP contribution in [0.4, 0.5) is 8.78 Å². The number of aliphatic carboxylic acids is 1. The summed E-state index contributed by atoms with van der Waals surface area (Å²) in [6.07, 6.45) is -0.532. The summed E-state index contributed by atoms with van der Waals surface area (Å²) >= 11 is 0. The smallest absolute Gasteiger partial charge is 0.307 e. The fourth-order valence-electron chi connectivity index (χ4n) is 2.14. The number of rotatable bonds is 3. The van der Waals surface area contributed by atoms with Crippen molar-refractivity contribution in [2.24, 2.45) is 0 Å². The SMILES string of the molecule is Cc1cccc(-c2cc(F)c(CC(=O)O)cc2F)c1C. The topological polar surface area (TPSA) is 37.3 Å². The van der Waals surface area contributed by atoms with E-state index in [2.05, 4.69) is 0 Å². The van der Waals surface area contributed by atoms with Crippen LogP contribution in [0.3, 0.4) is 0 Å². The van der Waals surface area contributed by atoms with Crippen molar-refractivity contribution in [3.8, 4) is 11.1 Å². The third-order valence-corrected chi connectivity index (χ3v) is 3.37. The molecule has 0 aliphatic rings. The summed E-state index contributed by atoms with van der Waals surface area (Å²) in [7, 11) is 0. The highest BCUT2D eigenvalue weighted by Crippen LogP contribution is 2.29. The van der Waals surface area contributed by atoms with Crippen LogP contribution in [0, 0.1) is 25.5 Å². The average Bonchev–Trinajstić information content (AvgIpc) is 2.36. The Labute approximate surface area is 115 Å². The van der Waals surface area contributed by atoms with Gasteiger partial charge in [-0.05, 0) is 42.7 Å². The van der Waals surface area contributed by atoms with Crippen LogP contribution in [-0.2, 0) is 11.2 Å². The third kappa shape index (κ3) is 2.69. The second kappa shape index (κ2) is 5.41. The van der Waals surface area contributed by atoms with Gasteiger partial charge in [0.1, 0.15) is 11.6 Å². The van der Waals surface area contributed by atoms with Crippen molar-refractivity contribution >= 4 is 5.97 Å². The van der Waals surface area contributed by atoms with E-state index in [0.29, 0.717) is 5.56 Å². The minimum Gasteiger partial charge on any atom is -0.481 e. The molecule has 0 heterocycles. The number of carboxylic acid groups (broad SMARTS) is 1. The zero-order valence-electron chi connectivity index (χ0n) is 11.2. The van der Waals surface area contributed by atoms with Crippen molar-refractivity contribution in [2.75, 3.05) is 0 Å². The average molecular weight is 276 g/mol. The molecule has 0 spiro atoms. The van der Waals surface area contributed by atoms with Crippen LogP contribution < -0.4 is 0 Å². The normalized spacial score (nSPS) is 10.6. The molecular formula is C16H14F2O2. The molecule has 2 aromatic rings. The summed E-state index contributed by atoms with van der Waals surface area (Å²) in [5.41, 5.74) is 2.47. The molecule has 2 rings (SSSR count). The Balaban J connectivity index is 2.56. The molecule has 0 unspecified atom stereocenters. The van der Waals surface area contributed by atoms with Crippen molar-refractivity contribution in [2.45, 2.75) is 20.3 Å². The highest BCUT2D eigenvalue weighted by Gasteiger charge is 2.15. The third-order valence-electron chi connectivity index (χ3n) is 3.37. The number of carbonyl (C=O) groups is 1. The molecule has 0 saturated heterocycles. The number of halogens is 2. The Morgan fingerprint density at radius 1 is 1.10 bits per heavy atom. The summed E-state index contributed by atoms with van der Waals surface area (Å²) in [6.45, 7) is 3.74. The summed E-state index contributed by atoms with van der Waals surface area (Å²) in [6, 6.07) is 7.42. The van der Waals surface area contributed by atoms with Crippen molar-refractivity contribution in [1.29, 1.82) is 0 Å². The first-order chi connectivity index (χ1) is 9.40. The summed E-state index contributed by atoms with van der Waals surface area (Å²) < 4.78 is 28.0. The molecule has 0 fully saturated rings. The molecule has 2 aromatic carbocycles. The van der Waals surface area contributed by atoms with E-state index in [-0.39, 0.29) is 11.1 Å². The second-order valence-electron chi connectivity index (χ2n) is 4.74. The first kappa shape index (κ1) is 14.2. The molecule has 0 aliphatic carbocycles. The first-order valence-corrected chi connectivity index (χ1v) is 6.16. The van der Waals surface area contributed by atoms with Crippen LogP contribution in [-0.4, -0.2) is 11.1 Å². The van der Waals surface area contributed by atoms with Gasteiger partial charge >= 0.3 is 5.97 Å². The van der Waals surface area contributed by atoms with Crippen LogP contribution in [0.15, 0.2) is 30.3 Å². The molecule has 1 N–H and O–H groups in total. The van der Waals surface area contributed by atoms with E-state index in [4.69, 9.17) is 5.11 Å². The van der Waals surface area contributed by atoms with Gasteiger partial charge in [0.05, 0.1) is 6.42 Å². The molecule has 2 nitrogen and oxygen atoms in total. The van der Waals surface area contributed by atoms with Crippen LogP contribution in [0.25, 0.3) is 11.1 Å². The van der Waals surface area contributed by atoms with E-state index >= 15 is 0 Å². The first-order valence-electron chi connectivity index (χ1n) is 6.16. The molecule has 104 valence electrons. The van der Waals surface area contributed by atoms with Crippen molar-refractivity contribution in [3.05, 3.63) is 58.7 Å². The number of aryl methyl sites for hydroxylation is 1. The van der Waals surface area contributed by atoms with Gasteiger partial charge in [0.25, 0.3) is 0 Å².